The number of carbonyl (C=O) groups is 1. The number of amides is 1. The molecule has 0 bridgehead atoms. The zero-order chi connectivity index (χ0) is 22.8. The zero-order valence-corrected chi connectivity index (χ0v) is 19.8. The van der Waals surface area contributed by atoms with Crippen LogP contribution in [0.4, 0.5) is 0 Å². The maximum absolute atomic E-state index is 13.0. The van der Waals surface area contributed by atoms with E-state index in [4.69, 9.17) is 21.0 Å². The number of nitrogens with one attached hydrogen (secondary N) is 1. The van der Waals surface area contributed by atoms with Gasteiger partial charge in [-0.1, -0.05) is 41.9 Å². The monoisotopic (exact) mass is 463 g/mol. The Bertz CT molecular complexity index is 1130. The highest BCUT2D eigenvalue weighted by Crippen LogP contribution is 2.31. The summed E-state index contributed by atoms with van der Waals surface area (Å²) in [6.45, 7) is 4.47. The molecule has 1 aliphatic carbocycles. The van der Waals surface area contributed by atoms with Gasteiger partial charge < -0.3 is 9.73 Å². The van der Waals surface area contributed by atoms with Gasteiger partial charge in [-0.3, -0.25) is 9.69 Å². The molecule has 0 saturated carbocycles. The largest absolute Gasteiger partial charge is 0.441 e. The van der Waals surface area contributed by atoms with E-state index in [1.807, 2.05) is 31.2 Å². The Morgan fingerprint density at radius 1 is 1.15 bits per heavy atom. The summed E-state index contributed by atoms with van der Waals surface area (Å²) in [7, 11) is 0. The van der Waals surface area contributed by atoms with Crippen LogP contribution in [0, 0.1) is 12.8 Å². The van der Waals surface area contributed by atoms with Gasteiger partial charge in [0.25, 0.3) is 0 Å². The third kappa shape index (κ3) is 4.99. The molecule has 5 rings (SSSR count). The Hall–Kier alpha value is -2.63. The molecule has 3 aromatic rings. The fourth-order valence-electron chi connectivity index (χ4n) is 5.08. The molecule has 2 aliphatic rings. The van der Waals surface area contributed by atoms with Crippen LogP contribution in [-0.4, -0.2) is 28.9 Å². The standard InChI is InChI=1S/C27H30ClN3O2/c1-18-25(30-27(33-18)21-8-4-9-22(28)16-21)17-31-14-12-20(13-15-31)26(32)29-24-11-5-7-19-6-2-3-10-23(19)24/h2-4,6,8-10,16,20,24H,5,7,11-15,17H2,1H3,(H,29,32). The normalized spacial score (nSPS) is 19.3. The van der Waals surface area contributed by atoms with E-state index in [-0.39, 0.29) is 17.9 Å². The number of halogens is 1. The van der Waals surface area contributed by atoms with Crippen LogP contribution >= 0.6 is 11.6 Å². The number of aryl methyl sites for hydroxylation is 2. The number of benzene rings is 2. The van der Waals surface area contributed by atoms with E-state index in [2.05, 4.69) is 34.5 Å². The fraction of sp³-hybridized carbons (Fsp3) is 0.407. The van der Waals surface area contributed by atoms with Crippen molar-refractivity contribution in [1.29, 1.82) is 0 Å². The van der Waals surface area contributed by atoms with Gasteiger partial charge in [0.15, 0.2) is 0 Å². The Morgan fingerprint density at radius 2 is 1.97 bits per heavy atom. The van der Waals surface area contributed by atoms with Crippen LogP contribution in [0.25, 0.3) is 11.5 Å². The molecule has 1 unspecified atom stereocenters. The van der Waals surface area contributed by atoms with Gasteiger partial charge in [-0.25, -0.2) is 4.98 Å². The third-order valence-corrected chi connectivity index (χ3v) is 7.22. The molecule has 0 spiro atoms. The summed E-state index contributed by atoms with van der Waals surface area (Å²) >= 11 is 6.11. The minimum Gasteiger partial charge on any atom is -0.441 e. The first-order valence-corrected chi connectivity index (χ1v) is 12.3. The Morgan fingerprint density at radius 3 is 2.79 bits per heavy atom. The van der Waals surface area contributed by atoms with Crippen LogP contribution < -0.4 is 5.32 Å². The van der Waals surface area contributed by atoms with Gasteiger partial charge in [0.05, 0.1) is 11.7 Å². The van der Waals surface area contributed by atoms with Crippen LogP contribution in [0.5, 0.6) is 0 Å². The maximum atomic E-state index is 13.0. The Kier molecular flexibility index (Phi) is 6.52. The summed E-state index contributed by atoms with van der Waals surface area (Å²) in [6, 6.07) is 16.2. The van der Waals surface area contributed by atoms with E-state index in [9.17, 15) is 4.79 Å². The van der Waals surface area contributed by atoms with Crippen LogP contribution in [-0.2, 0) is 17.8 Å². The highest BCUT2D eigenvalue weighted by molar-refractivity contribution is 6.30. The van der Waals surface area contributed by atoms with Crippen LogP contribution in [0.15, 0.2) is 52.9 Å². The number of likely N-dealkylation sites (tertiary alicyclic amines) is 1. The van der Waals surface area contributed by atoms with Crippen molar-refractivity contribution in [2.75, 3.05) is 13.1 Å². The summed E-state index contributed by atoms with van der Waals surface area (Å²) < 4.78 is 5.91. The summed E-state index contributed by atoms with van der Waals surface area (Å²) in [6.07, 6.45) is 5.02. The number of fused-ring (bicyclic) bond motifs is 1. The first-order valence-electron chi connectivity index (χ1n) is 11.9. The lowest BCUT2D eigenvalue weighted by molar-refractivity contribution is -0.127. The van der Waals surface area contributed by atoms with E-state index in [0.717, 1.165) is 68.8 Å². The molecule has 1 aliphatic heterocycles. The zero-order valence-electron chi connectivity index (χ0n) is 19.0. The first kappa shape index (κ1) is 22.2. The molecular weight excluding hydrogens is 434 g/mol. The SMILES string of the molecule is Cc1oc(-c2cccc(Cl)c2)nc1CN1CCC(C(=O)NC2CCCc3ccccc32)CC1. The number of rotatable bonds is 5. The smallest absolute Gasteiger partial charge is 0.226 e. The molecule has 1 atom stereocenters. The molecular formula is C27H30ClN3O2. The van der Waals surface area contributed by atoms with Crippen LogP contribution in [0.2, 0.25) is 5.02 Å². The van der Waals surface area contributed by atoms with Crippen molar-refractivity contribution in [1.82, 2.24) is 15.2 Å². The first-order chi connectivity index (χ1) is 16.1. The molecule has 172 valence electrons. The van der Waals surface area contributed by atoms with E-state index in [0.29, 0.717) is 10.9 Å². The summed E-state index contributed by atoms with van der Waals surface area (Å²) in [5, 5.41) is 4.02. The molecule has 1 saturated heterocycles. The average molecular weight is 464 g/mol. The maximum Gasteiger partial charge on any atom is 0.226 e. The number of hydrogen-bond acceptors (Lipinski definition) is 4. The van der Waals surface area contributed by atoms with E-state index < -0.39 is 0 Å². The Balaban J connectivity index is 1.16. The van der Waals surface area contributed by atoms with Gasteiger partial charge in [0.1, 0.15) is 5.76 Å². The summed E-state index contributed by atoms with van der Waals surface area (Å²) in [4.78, 5) is 20.1. The predicted octanol–water partition coefficient (Wildman–Crippen LogP) is 5.71. The van der Waals surface area contributed by atoms with Gasteiger partial charge in [-0.05, 0) is 81.4 Å². The van der Waals surface area contributed by atoms with E-state index >= 15 is 0 Å². The van der Waals surface area contributed by atoms with E-state index in [1.54, 1.807) is 0 Å². The number of piperidine rings is 1. The van der Waals surface area contributed by atoms with Crippen LogP contribution in [0.3, 0.4) is 0 Å². The number of carbonyl (C=O) groups excluding carboxylic acids is 1. The predicted molar refractivity (Wildman–Crippen MR) is 130 cm³/mol. The third-order valence-electron chi connectivity index (χ3n) is 6.98. The lowest BCUT2D eigenvalue weighted by atomic mass is 9.87. The van der Waals surface area contributed by atoms with E-state index in [1.165, 1.54) is 11.1 Å². The minimum absolute atomic E-state index is 0.0794. The van der Waals surface area contributed by atoms with Crippen molar-refractivity contribution in [2.24, 2.45) is 5.92 Å². The summed E-state index contributed by atoms with van der Waals surface area (Å²) in [5.74, 6) is 1.72. The number of nitrogens with zero attached hydrogens (tertiary/aromatic N) is 2. The van der Waals surface area contributed by atoms with Gasteiger partial charge in [-0.2, -0.15) is 0 Å². The van der Waals surface area contributed by atoms with Crippen molar-refractivity contribution < 1.29 is 9.21 Å². The lowest BCUT2D eigenvalue weighted by Gasteiger charge is -2.33. The molecule has 2 aromatic carbocycles. The second-order valence-electron chi connectivity index (χ2n) is 9.23. The number of hydrogen-bond donors (Lipinski definition) is 1. The van der Waals surface area contributed by atoms with Gasteiger partial charge in [0.2, 0.25) is 11.8 Å². The molecule has 0 radical (unpaired) electrons. The van der Waals surface area contributed by atoms with Gasteiger partial charge >= 0.3 is 0 Å². The molecule has 2 heterocycles. The molecule has 1 fully saturated rings. The molecule has 33 heavy (non-hydrogen) atoms. The number of aromatic nitrogens is 1. The Labute approximate surface area is 200 Å². The number of oxazole rings is 1. The molecule has 1 aromatic heterocycles. The van der Waals surface area contributed by atoms with Crippen LogP contribution in [0.1, 0.15) is 54.3 Å². The highest BCUT2D eigenvalue weighted by Gasteiger charge is 2.29. The fourth-order valence-corrected chi connectivity index (χ4v) is 5.27. The van der Waals surface area contributed by atoms with Gasteiger partial charge in [0, 0.05) is 23.0 Å². The lowest BCUT2D eigenvalue weighted by Crippen LogP contribution is -2.42. The molecule has 1 N–H and O–H groups in total. The highest BCUT2D eigenvalue weighted by atomic mass is 35.5. The second-order valence-corrected chi connectivity index (χ2v) is 9.67. The van der Waals surface area contributed by atoms with Crippen molar-refractivity contribution in [3.8, 4) is 11.5 Å². The molecule has 5 nitrogen and oxygen atoms in total. The molecule has 1 amide bonds. The summed E-state index contributed by atoms with van der Waals surface area (Å²) in [5.41, 5.74) is 4.51. The molecule has 6 heteroatoms. The topological polar surface area (TPSA) is 58.4 Å². The minimum atomic E-state index is 0.0794. The van der Waals surface area contributed by atoms with Crippen molar-refractivity contribution >= 4 is 17.5 Å². The van der Waals surface area contributed by atoms with Crippen molar-refractivity contribution in [3.63, 3.8) is 0 Å². The average Bonchev–Trinajstić information content (AvgIpc) is 3.20. The van der Waals surface area contributed by atoms with Gasteiger partial charge in [-0.15, -0.1) is 0 Å². The van der Waals surface area contributed by atoms with Crippen molar-refractivity contribution in [3.05, 3.63) is 76.1 Å². The second kappa shape index (κ2) is 9.70. The quantitative estimate of drug-likeness (QED) is 0.526. The van der Waals surface area contributed by atoms with Crippen molar-refractivity contribution in [2.45, 2.75) is 51.6 Å².